The van der Waals surface area contributed by atoms with E-state index in [2.05, 4.69) is 9.88 Å². The van der Waals surface area contributed by atoms with Crippen LogP contribution in [0.4, 0.5) is 0 Å². The molecule has 1 fully saturated rings. The van der Waals surface area contributed by atoms with Crippen LogP contribution in [0.15, 0.2) is 28.2 Å². The van der Waals surface area contributed by atoms with Gasteiger partial charge in [0.1, 0.15) is 12.5 Å². The number of hydrogen-bond acceptors (Lipinski definition) is 5. The molecule has 100 valence electrons. The third-order valence-electron chi connectivity index (χ3n) is 3.49. The van der Waals surface area contributed by atoms with Crippen LogP contribution in [0.25, 0.3) is 10.8 Å². The molecule has 0 atom stereocenters. The molecule has 0 spiro atoms. The maximum atomic E-state index is 10.7. The molecule has 1 saturated heterocycles. The molecule has 3 heterocycles. The fraction of sp³-hybridized carbons (Fsp3) is 0.429. The summed E-state index contributed by atoms with van der Waals surface area (Å²) in [6, 6.07) is 4.00. The summed E-state index contributed by atoms with van der Waals surface area (Å²) in [5, 5.41) is 2.02. The van der Waals surface area contributed by atoms with E-state index in [9.17, 15) is 4.79 Å². The normalized spacial score (nSPS) is 17.7. The van der Waals surface area contributed by atoms with Gasteiger partial charge in [-0.2, -0.15) is 0 Å². The third kappa shape index (κ3) is 2.93. The number of rotatable bonds is 4. The standard InChI is InChI=1S/C14H16N2O2S/c17-9-11-3-5-16(6-4-11)8-12-10-18-14(15-12)13-2-1-7-19-13/h1-2,7,9-11H,3-6,8H2. The van der Waals surface area contributed by atoms with Crippen molar-refractivity contribution in [2.75, 3.05) is 13.1 Å². The predicted molar refractivity (Wildman–Crippen MR) is 73.9 cm³/mol. The van der Waals surface area contributed by atoms with Crippen molar-refractivity contribution in [1.82, 2.24) is 9.88 Å². The second-order valence-electron chi connectivity index (χ2n) is 4.87. The van der Waals surface area contributed by atoms with E-state index in [1.807, 2.05) is 17.5 Å². The van der Waals surface area contributed by atoms with Crippen LogP contribution in [0.5, 0.6) is 0 Å². The lowest BCUT2D eigenvalue weighted by Crippen LogP contribution is -2.33. The number of likely N-dealkylation sites (tertiary alicyclic amines) is 1. The van der Waals surface area contributed by atoms with Crippen LogP contribution in [0.2, 0.25) is 0 Å². The quantitative estimate of drug-likeness (QED) is 0.806. The highest BCUT2D eigenvalue weighted by molar-refractivity contribution is 7.13. The molecule has 3 rings (SSSR count). The average Bonchev–Trinajstić information content (AvgIpc) is 3.10. The first kappa shape index (κ1) is 12.6. The lowest BCUT2D eigenvalue weighted by atomic mass is 9.99. The largest absolute Gasteiger partial charge is 0.444 e. The van der Waals surface area contributed by atoms with Gasteiger partial charge in [0.2, 0.25) is 5.89 Å². The third-order valence-corrected chi connectivity index (χ3v) is 4.35. The molecular weight excluding hydrogens is 260 g/mol. The van der Waals surface area contributed by atoms with Gasteiger partial charge >= 0.3 is 0 Å². The van der Waals surface area contributed by atoms with Crippen LogP contribution in [0, 0.1) is 5.92 Å². The van der Waals surface area contributed by atoms with E-state index in [1.165, 1.54) is 0 Å². The molecule has 0 aliphatic carbocycles. The van der Waals surface area contributed by atoms with E-state index >= 15 is 0 Å². The van der Waals surface area contributed by atoms with Crippen LogP contribution in [0.1, 0.15) is 18.5 Å². The monoisotopic (exact) mass is 276 g/mol. The van der Waals surface area contributed by atoms with Gasteiger partial charge in [-0.15, -0.1) is 11.3 Å². The molecule has 4 nitrogen and oxygen atoms in total. The summed E-state index contributed by atoms with van der Waals surface area (Å²) in [4.78, 5) is 18.6. The summed E-state index contributed by atoms with van der Waals surface area (Å²) in [5.41, 5.74) is 0.966. The van der Waals surface area contributed by atoms with E-state index in [0.29, 0.717) is 5.89 Å². The molecule has 0 radical (unpaired) electrons. The zero-order valence-electron chi connectivity index (χ0n) is 10.6. The molecule has 0 N–H and O–H groups in total. The number of nitrogens with zero attached hydrogens (tertiary/aromatic N) is 2. The van der Waals surface area contributed by atoms with Gasteiger partial charge in [-0.1, -0.05) is 6.07 Å². The highest BCUT2D eigenvalue weighted by atomic mass is 32.1. The number of oxazole rings is 1. The lowest BCUT2D eigenvalue weighted by molar-refractivity contribution is -0.112. The fourth-order valence-electron chi connectivity index (χ4n) is 2.37. The van der Waals surface area contributed by atoms with E-state index < -0.39 is 0 Å². The number of aromatic nitrogens is 1. The highest BCUT2D eigenvalue weighted by Gasteiger charge is 2.19. The first-order valence-electron chi connectivity index (χ1n) is 6.51. The lowest BCUT2D eigenvalue weighted by Gasteiger charge is -2.28. The minimum Gasteiger partial charge on any atom is -0.444 e. The second kappa shape index (κ2) is 5.67. The van der Waals surface area contributed by atoms with Crippen LogP contribution in [0.3, 0.4) is 0 Å². The van der Waals surface area contributed by atoms with Crippen molar-refractivity contribution in [1.29, 1.82) is 0 Å². The van der Waals surface area contributed by atoms with Gasteiger partial charge in [0.15, 0.2) is 0 Å². The van der Waals surface area contributed by atoms with Gasteiger partial charge in [-0.05, 0) is 37.4 Å². The maximum Gasteiger partial charge on any atom is 0.236 e. The summed E-state index contributed by atoms with van der Waals surface area (Å²) in [6.07, 6.45) is 4.74. The number of carbonyl (C=O) groups excluding carboxylic acids is 1. The van der Waals surface area contributed by atoms with Crippen molar-refractivity contribution in [2.24, 2.45) is 5.92 Å². The topological polar surface area (TPSA) is 46.3 Å². The molecule has 0 aromatic carbocycles. The molecule has 19 heavy (non-hydrogen) atoms. The van der Waals surface area contributed by atoms with Crippen molar-refractivity contribution in [3.05, 3.63) is 29.5 Å². The molecule has 5 heteroatoms. The molecular formula is C14H16N2O2S. The SMILES string of the molecule is O=CC1CCN(Cc2coc(-c3cccs3)n2)CC1. The van der Waals surface area contributed by atoms with Gasteiger partial charge in [-0.3, -0.25) is 4.90 Å². The van der Waals surface area contributed by atoms with Gasteiger partial charge in [-0.25, -0.2) is 4.98 Å². The summed E-state index contributed by atoms with van der Waals surface area (Å²) in [6.45, 7) is 2.73. The van der Waals surface area contributed by atoms with Crippen molar-refractivity contribution >= 4 is 17.6 Å². The summed E-state index contributed by atoms with van der Waals surface area (Å²) in [5.74, 6) is 0.947. The van der Waals surface area contributed by atoms with E-state index in [4.69, 9.17) is 4.42 Å². The number of piperidine rings is 1. The Balaban J connectivity index is 1.60. The van der Waals surface area contributed by atoms with E-state index in [0.717, 1.165) is 49.3 Å². The van der Waals surface area contributed by atoms with Crippen molar-refractivity contribution in [3.8, 4) is 10.8 Å². The number of hydrogen-bond donors (Lipinski definition) is 0. The predicted octanol–water partition coefficient (Wildman–Crippen LogP) is 2.81. The number of thiophene rings is 1. The van der Waals surface area contributed by atoms with Gasteiger partial charge in [0.05, 0.1) is 10.6 Å². The Labute approximate surface area is 116 Å². The van der Waals surface area contributed by atoms with Crippen LogP contribution >= 0.6 is 11.3 Å². The Kier molecular flexibility index (Phi) is 3.75. The van der Waals surface area contributed by atoms with Crippen LogP contribution in [-0.2, 0) is 11.3 Å². The van der Waals surface area contributed by atoms with Crippen molar-refractivity contribution in [2.45, 2.75) is 19.4 Å². The van der Waals surface area contributed by atoms with Crippen molar-refractivity contribution < 1.29 is 9.21 Å². The van der Waals surface area contributed by atoms with E-state index in [1.54, 1.807) is 17.6 Å². The van der Waals surface area contributed by atoms with E-state index in [-0.39, 0.29) is 5.92 Å². The number of carbonyl (C=O) groups is 1. The average molecular weight is 276 g/mol. The zero-order valence-corrected chi connectivity index (χ0v) is 11.4. The Morgan fingerprint density at radius 1 is 1.47 bits per heavy atom. The molecule has 2 aromatic heterocycles. The molecule has 0 amide bonds. The highest BCUT2D eigenvalue weighted by Crippen LogP contribution is 2.24. The van der Waals surface area contributed by atoms with Crippen LogP contribution in [-0.4, -0.2) is 29.3 Å². The molecule has 2 aromatic rings. The Bertz CT molecular complexity index is 527. The fourth-order valence-corrected chi connectivity index (χ4v) is 3.02. The first-order chi connectivity index (χ1) is 9.35. The van der Waals surface area contributed by atoms with Gasteiger partial charge in [0, 0.05) is 12.5 Å². The summed E-state index contributed by atoms with van der Waals surface area (Å²) >= 11 is 1.63. The summed E-state index contributed by atoms with van der Waals surface area (Å²) < 4.78 is 5.51. The molecule has 0 saturated carbocycles. The first-order valence-corrected chi connectivity index (χ1v) is 7.39. The minimum absolute atomic E-state index is 0.246. The minimum atomic E-state index is 0.246. The van der Waals surface area contributed by atoms with Gasteiger partial charge < -0.3 is 9.21 Å². The zero-order chi connectivity index (χ0) is 13.1. The maximum absolute atomic E-state index is 10.7. The van der Waals surface area contributed by atoms with Gasteiger partial charge in [0.25, 0.3) is 0 Å². The molecule has 1 aliphatic rings. The van der Waals surface area contributed by atoms with Crippen LogP contribution < -0.4 is 0 Å². The Morgan fingerprint density at radius 3 is 3.00 bits per heavy atom. The molecule has 1 aliphatic heterocycles. The second-order valence-corrected chi connectivity index (χ2v) is 5.82. The smallest absolute Gasteiger partial charge is 0.236 e. The Morgan fingerprint density at radius 2 is 2.32 bits per heavy atom. The number of aldehydes is 1. The van der Waals surface area contributed by atoms with Crippen molar-refractivity contribution in [3.63, 3.8) is 0 Å². The Hall–Kier alpha value is -1.46. The molecule has 0 unspecified atom stereocenters. The molecule has 0 bridgehead atoms. The summed E-state index contributed by atoms with van der Waals surface area (Å²) in [7, 11) is 0.